The maximum atomic E-state index is 12.6. The molecule has 1 N–H and O–H groups in total. The van der Waals surface area contributed by atoms with Gasteiger partial charge in [-0.25, -0.2) is 0 Å². The number of aromatic nitrogens is 4. The smallest absolute Gasteiger partial charge is 0.396 e. The summed E-state index contributed by atoms with van der Waals surface area (Å²) in [6.45, 7) is 5.10. The molecule has 0 saturated carbocycles. The number of rotatable bonds is 4. The van der Waals surface area contributed by atoms with Crippen molar-refractivity contribution in [2.75, 3.05) is 24.6 Å². The number of hydrogen-bond donors (Lipinski definition) is 1. The van der Waals surface area contributed by atoms with Crippen LogP contribution < -0.4 is 4.90 Å². The van der Waals surface area contributed by atoms with Gasteiger partial charge in [-0.3, -0.25) is 4.68 Å². The SMILES string of the molecule is CC(C)n1cc([C@@H]2CN(c3ccc(C(F)(F)F)nn3)C[C@H]2CO)cn1. The summed E-state index contributed by atoms with van der Waals surface area (Å²) in [6, 6.07) is 2.49. The third-order valence-electron chi connectivity index (χ3n) is 4.52. The fourth-order valence-electron chi connectivity index (χ4n) is 3.09. The Bertz CT molecular complexity index is 713. The number of nitrogens with zero attached hydrogens (tertiary/aromatic N) is 5. The molecule has 3 heterocycles. The molecule has 2 aromatic rings. The van der Waals surface area contributed by atoms with E-state index in [2.05, 4.69) is 15.3 Å². The molecule has 0 unspecified atom stereocenters. The summed E-state index contributed by atoms with van der Waals surface area (Å²) in [6.07, 6.45) is -0.757. The van der Waals surface area contributed by atoms with Crippen molar-refractivity contribution in [3.05, 3.63) is 35.8 Å². The molecule has 0 radical (unpaired) electrons. The highest BCUT2D eigenvalue weighted by Gasteiger charge is 2.36. The zero-order valence-electron chi connectivity index (χ0n) is 14.0. The van der Waals surface area contributed by atoms with Crippen LogP contribution in [0.25, 0.3) is 0 Å². The normalized spacial score (nSPS) is 21.3. The zero-order valence-corrected chi connectivity index (χ0v) is 14.0. The van der Waals surface area contributed by atoms with E-state index in [1.165, 1.54) is 6.07 Å². The van der Waals surface area contributed by atoms with Crippen LogP contribution in [0.2, 0.25) is 0 Å². The molecule has 136 valence electrons. The Balaban J connectivity index is 1.78. The van der Waals surface area contributed by atoms with E-state index < -0.39 is 11.9 Å². The summed E-state index contributed by atoms with van der Waals surface area (Å²) < 4.78 is 39.7. The van der Waals surface area contributed by atoms with E-state index >= 15 is 0 Å². The number of halogens is 3. The van der Waals surface area contributed by atoms with Gasteiger partial charge in [0, 0.05) is 43.8 Å². The Morgan fingerprint density at radius 3 is 2.52 bits per heavy atom. The summed E-state index contributed by atoms with van der Waals surface area (Å²) in [4.78, 5) is 1.85. The molecular weight excluding hydrogens is 335 g/mol. The van der Waals surface area contributed by atoms with Crippen LogP contribution in [-0.4, -0.2) is 44.8 Å². The molecule has 9 heteroatoms. The van der Waals surface area contributed by atoms with Crippen LogP contribution >= 0.6 is 0 Å². The predicted molar refractivity (Wildman–Crippen MR) is 85.2 cm³/mol. The van der Waals surface area contributed by atoms with Gasteiger partial charge in [0.1, 0.15) is 0 Å². The highest BCUT2D eigenvalue weighted by molar-refractivity contribution is 5.41. The molecule has 1 saturated heterocycles. The Morgan fingerprint density at radius 1 is 1.24 bits per heavy atom. The van der Waals surface area contributed by atoms with Crippen molar-refractivity contribution in [2.45, 2.75) is 32.0 Å². The first kappa shape index (κ1) is 17.7. The lowest BCUT2D eigenvalue weighted by Crippen LogP contribution is -2.22. The van der Waals surface area contributed by atoms with Gasteiger partial charge in [-0.2, -0.15) is 18.3 Å². The third kappa shape index (κ3) is 3.60. The summed E-state index contributed by atoms with van der Waals surface area (Å²) in [5.41, 5.74) is -0.000893. The Hall–Kier alpha value is -2.16. The molecule has 2 atom stereocenters. The molecule has 3 rings (SSSR count). The monoisotopic (exact) mass is 355 g/mol. The lowest BCUT2D eigenvalue weighted by molar-refractivity contribution is -0.141. The minimum Gasteiger partial charge on any atom is -0.396 e. The molecule has 0 aliphatic carbocycles. The van der Waals surface area contributed by atoms with Gasteiger partial charge in [0.05, 0.1) is 6.20 Å². The molecule has 0 spiro atoms. The fraction of sp³-hybridized carbons (Fsp3) is 0.562. The predicted octanol–water partition coefficient (Wildman–Crippen LogP) is 2.49. The minimum atomic E-state index is -4.50. The Labute approximate surface area is 143 Å². The molecular formula is C16H20F3N5O. The second-order valence-electron chi connectivity index (χ2n) is 6.58. The average Bonchev–Trinajstić information content (AvgIpc) is 3.20. The van der Waals surface area contributed by atoms with E-state index in [1.54, 1.807) is 6.20 Å². The first-order valence-electron chi connectivity index (χ1n) is 8.10. The molecule has 0 bridgehead atoms. The van der Waals surface area contributed by atoms with E-state index in [0.717, 1.165) is 11.6 Å². The number of alkyl halides is 3. The highest BCUT2D eigenvalue weighted by atomic mass is 19.4. The quantitative estimate of drug-likeness (QED) is 0.913. The maximum Gasteiger partial charge on any atom is 0.435 e. The van der Waals surface area contributed by atoms with Crippen molar-refractivity contribution in [3.63, 3.8) is 0 Å². The van der Waals surface area contributed by atoms with E-state index in [4.69, 9.17) is 0 Å². The maximum absolute atomic E-state index is 12.6. The lowest BCUT2D eigenvalue weighted by atomic mass is 9.92. The second-order valence-corrected chi connectivity index (χ2v) is 6.58. The van der Waals surface area contributed by atoms with Crippen LogP contribution in [0.3, 0.4) is 0 Å². The van der Waals surface area contributed by atoms with E-state index in [0.29, 0.717) is 18.9 Å². The van der Waals surface area contributed by atoms with Gasteiger partial charge in [0.25, 0.3) is 0 Å². The summed E-state index contributed by atoms with van der Waals surface area (Å²) >= 11 is 0. The van der Waals surface area contributed by atoms with Crippen LogP contribution in [-0.2, 0) is 6.18 Å². The largest absolute Gasteiger partial charge is 0.435 e. The van der Waals surface area contributed by atoms with Crippen LogP contribution in [0.5, 0.6) is 0 Å². The minimum absolute atomic E-state index is 0.0118. The van der Waals surface area contributed by atoms with Gasteiger partial charge in [0.15, 0.2) is 11.5 Å². The Morgan fingerprint density at radius 2 is 2.00 bits per heavy atom. The van der Waals surface area contributed by atoms with E-state index in [9.17, 15) is 18.3 Å². The van der Waals surface area contributed by atoms with E-state index in [1.807, 2.05) is 29.6 Å². The van der Waals surface area contributed by atoms with Crippen molar-refractivity contribution >= 4 is 5.82 Å². The van der Waals surface area contributed by atoms with Gasteiger partial charge in [0.2, 0.25) is 0 Å². The first-order valence-corrected chi connectivity index (χ1v) is 8.10. The van der Waals surface area contributed by atoms with Crippen LogP contribution in [0.4, 0.5) is 19.0 Å². The summed E-state index contributed by atoms with van der Waals surface area (Å²) in [5, 5.41) is 21.0. The number of aliphatic hydroxyl groups is 1. The second kappa shape index (κ2) is 6.62. The molecule has 2 aromatic heterocycles. The van der Waals surface area contributed by atoms with Crippen molar-refractivity contribution in [1.29, 1.82) is 0 Å². The zero-order chi connectivity index (χ0) is 18.2. The first-order chi connectivity index (χ1) is 11.8. The van der Waals surface area contributed by atoms with Crippen molar-refractivity contribution in [3.8, 4) is 0 Å². The van der Waals surface area contributed by atoms with Gasteiger partial charge in [-0.15, -0.1) is 10.2 Å². The van der Waals surface area contributed by atoms with Gasteiger partial charge >= 0.3 is 6.18 Å². The molecule has 0 amide bonds. The summed E-state index contributed by atoms with van der Waals surface area (Å²) in [5.74, 6) is 0.390. The molecule has 1 aliphatic heterocycles. The van der Waals surface area contributed by atoms with Crippen molar-refractivity contribution in [1.82, 2.24) is 20.0 Å². The standard InChI is InChI=1S/C16H20F3N5O/c1-10(2)24-7-11(5-20-24)13-8-23(6-12(13)9-25)15-4-3-14(21-22-15)16(17,18)19/h3-5,7,10,12-13,25H,6,8-9H2,1-2H3/t12-,13-/m0/s1. The highest BCUT2D eigenvalue weighted by Crippen LogP contribution is 2.35. The molecule has 25 heavy (non-hydrogen) atoms. The van der Waals surface area contributed by atoms with Gasteiger partial charge < -0.3 is 10.0 Å². The van der Waals surface area contributed by atoms with Crippen molar-refractivity contribution < 1.29 is 18.3 Å². The topological polar surface area (TPSA) is 67.1 Å². The van der Waals surface area contributed by atoms with Crippen LogP contribution in [0.15, 0.2) is 24.5 Å². The molecule has 1 aliphatic rings. The lowest BCUT2D eigenvalue weighted by Gasteiger charge is -2.17. The van der Waals surface area contributed by atoms with Gasteiger partial charge in [-0.1, -0.05) is 0 Å². The number of anilines is 1. The number of aliphatic hydroxyl groups excluding tert-OH is 1. The Kier molecular flexibility index (Phi) is 4.68. The number of hydrogen-bond acceptors (Lipinski definition) is 5. The van der Waals surface area contributed by atoms with Crippen LogP contribution in [0.1, 0.15) is 37.1 Å². The molecule has 6 nitrogen and oxygen atoms in total. The van der Waals surface area contributed by atoms with Crippen molar-refractivity contribution in [2.24, 2.45) is 5.92 Å². The average molecular weight is 355 g/mol. The van der Waals surface area contributed by atoms with E-state index in [-0.39, 0.29) is 24.5 Å². The summed E-state index contributed by atoms with van der Waals surface area (Å²) in [7, 11) is 0. The third-order valence-corrected chi connectivity index (χ3v) is 4.52. The fourth-order valence-corrected chi connectivity index (χ4v) is 3.09. The van der Waals surface area contributed by atoms with Gasteiger partial charge in [-0.05, 0) is 31.5 Å². The molecule has 1 fully saturated rings. The molecule has 0 aromatic carbocycles. The van der Waals surface area contributed by atoms with Crippen LogP contribution in [0, 0.1) is 5.92 Å².